The normalized spacial score (nSPS) is 12.5. The summed E-state index contributed by atoms with van der Waals surface area (Å²) in [4.78, 5) is 0. The molecule has 0 heterocycles. The van der Waals surface area contributed by atoms with Crippen LogP contribution in [0.15, 0.2) is 30.3 Å². The van der Waals surface area contributed by atoms with Crippen molar-refractivity contribution in [1.29, 1.82) is 0 Å². The first-order valence-corrected chi connectivity index (χ1v) is 5.91. The van der Waals surface area contributed by atoms with Gasteiger partial charge in [-0.2, -0.15) is 0 Å². The highest BCUT2D eigenvalue weighted by molar-refractivity contribution is 5.66. The van der Waals surface area contributed by atoms with Gasteiger partial charge in [0, 0.05) is 23.2 Å². The van der Waals surface area contributed by atoms with Crippen molar-refractivity contribution in [3.05, 3.63) is 58.9 Å². The maximum absolute atomic E-state index is 13.8. The summed E-state index contributed by atoms with van der Waals surface area (Å²) in [5, 5.41) is 0. The van der Waals surface area contributed by atoms with Crippen LogP contribution in [0.2, 0.25) is 0 Å². The van der Waals surface area contributed by atoms with E-state index in [0.29, 0.717) is 5.56 Å². The Kier molecular flexibility index (Phi) is 3.62. The van der Waals surface area contributed by atoms with E-state index in [4.69, 9.17) is 5.73 Å². The van der Waals surface area contributed by atoms with Crippen molar-refractivity contribution in [2.75, 3.05) is 0 Å². The molecular weight excluding hydrogens is 251 g/mol. The van der Waals surface area contributed by atoms with E-state index in [2.05, 4.69) is 0 Å². The predicted octanol–water partition coefficient (Wildman–Crippen LogP) is 4.10. The second kappa shape index (κ2) is 5.05. The minimum Gasteiger partial charge on any atom is -0.324 e. The highest BCUT2D eigenvalue weighted by Crippen LogP contribution is 2.29. The van der Waals surface area contributed by atoms with E-state index >= 15 is 0 Å². The largest absolute Gasteiger partial charge is 0.324 e. The first kappa shape index (κ1) is 13.6. The molecule has 0 aliphatic rings. The van der Waals surface area contributed by atoms with Gasteiger partial charge in [-0.1, -0.05) is 6.07 Å². The van der Waals surface area contributed by atoms with Crippen LogP contribution in [0.4, 0.5) is 13.2 Å². The van der Waals surface area contributed by atoms with Gasteiger partial charge in [0.1, 0.15) is 17.5 Å². The van der Waals surface area contributed by atoms with Gasteiger partial charge >= 0.3 is 0 Å². The number of rotatable bonds is 2. The Balaban J connectivity index is 2.64. The van der Waals surface area contributed by atoms with Crippen molar-refractivity contribution >= 4 is 0 Å². The third-order valence-electron chi connectivity index (χ3n) is 3.05. The van der Waals surface area contributed by atoms with E-state index in [9.17, 15) is 13.2 Å². The maximum Gasteiger partial charge on any atom is 0.134 e. The minimum atomic E-state index is -0.788. The molecule has 2 aromatic carbocycles. The lowest BCUT2D eigenvalue weighted by Gasteiger charge is -2.11. The summed E-state index contributed by atoms with van der Waals surface area (Å²) in [7, 11) is 0. The molecule has 0 aliphatic heterocycles. The van der Waals surface area contributed by atoms with E-state index in [1.165, 1.54) is 25.1 Å². The number of aryl methyl sites for hydroxylation is 1. The average molecular weight is 265 g/mol. The van der Waals surface area contributed by atoms with Crippen LogP contribution in [0.5, 0.6) is 0 Å². The molecule has 2 rings (SSSR count). The summed E-state index contributed by atoms with van der Waals surface area (Å²) >= 11 is 0. The van der Waals surface area contributed by atoms with Crippen LogP contribution >= 0.6 is 0 Å². The number of benzene rings is 2. The summed E-state index contributed by atoms with van der Waals surface area (Å²) in [5.41, 5.74) is 6.82. The Morgan fingerprint density at radius 2 is 1.53 bits per heavy atom. The number of hydrogen-bond acceptors (Lipinski definition) is 1. The second-order valence-corrected chi connectivity index (χ2v) is 4.61. The molecule has 0 aliphatic carbocycles. The Bertz CT molecular complexity index is 621. The first-order chi connectivity index (χ1) is 8.90. The lowest BCUT2D eigenvalue weighted by Crippen LogP contribution is -2.05. The third-order valence-corrected chi connectivity index (χ3v) is 3.05. The summed E-state index contributed by atoms with van der Waals surface area (Å²) in [6.45, 7) is 3.26. The molecule has 2 aromatic rings. The van der Waals surface area contributed by atoms with Crippen LogP contribution in [0.25, 0.3) is 11.1 Å². The smallest absolute Gasteiger partial charge is 0.134 e. The quantitative estimate of drug-likeness (QED) is 0.869. The Hall–Kier alpha value is -1.81. The molecule has 1 nitrogen and oxygen atoms in total. The highest BCUT2D eigenvalue weighted by Gasteiger charge is 2.14. The molecule has 100 valence electrons. The molecule has 0 fully saturated rings. The summed E-state index contributed by atoms with van der Waals surface area (Å²) in [6, 6.07) is 6.07. The van der Waals surface area contributed by atoms with Crippen LogP contribution in [0.3, 0.4) is 0 Å². The summed E-state index contributed by atoms with van der Waals surface area (Å²) in [6.07, 6.45) is 0. The zero-order chi connectivity index (χ0) is 14.2. The van der Waals surface area contributed by atoms with E-state index in [1.54, 1.807) is 13.0 Å². The molecule has 2 N–H and O–H groups in total. The van der Waals surface area contributed by atoms with Gasteiger partial charge in [0.05, 0.1) is 0 Å². The van der Waals surface area contributed by atoms with Gasteiger partial charge in [-0.15, -0.1) is 0 Å². The summed E-state index contributed by atoms with van der Waals surface area (Å²) in [5.74, 6) is -2.00. The van der Waals surface area contributed by atoms with Crippen molar-refractivity contribution in [2.24, 2.45) is 5.73 Å². The molecule has 0 radical (unpaired) electrons. The van der Waals surface area contributed by atoms with E-state index < -0.39 is 17.5 Å². The van der Waals surface area contributed by atoms with Gasteiger partial charge in [0.2, 0.25) is 0 Å². The van der Waals surface area contributed by atoms with Crippen LogP contribution in [-0.4, -0.2) is 0 Å². The number of nitrogens with two attached hydrogens (primary N) is 1. The second-order valence-electron chi connectivity index (χ2n) is 4.61. The molecule has 0 amide bonds. The van der Waals surface area contributed by atoms with Crippen LogP contribution in [0.1, 0.15) is 24.1 Å². The topological polar surface area (TPSA) is 26.0 Å². The SMILES string of the molecule is Cc1cc(-c2cc(C(C)N)ccc2F)c(F)cc1F. The monoisotopic (exact) mass is 265 g/mol. The van der Waals surface area contributed by atoms with Crippen LogP contribution in [0, 0.1) is 24.4 Å². The van der Waals surface area contributed by atoms with Crippen LogP contribution in [-0.2, 0) is 0 Å². The van der Waals surface area contributed by atoms with Gasteiger partial charge < -0.3 is 5.73 Å². The maximum atomic E-state index is 13.8. The van der Waals surface area contributed by atoms with Gasteiger partial charge in [0.15, 0.2) is 0 Å². The fraction of sp³-hybridized carbons (Fsp3) is 0.200. The van der Waals surface area contributed by atoms with E-state index in [-0.39, 0.29) is 22.7 Å². The molecule has 0 spiro atoms. The van der Waals surface area contributed by atoms with E-state index in [1.807, 2.05) is 0 Å². The molecule has 0 saturated carbocycles. The number of halogens is 3. The minimum absolute atomic E-state index is 0.0406. The van der Waals surface area contributed by atoms with Gasteiger partial charge in [0.25, 0.3) is 0 Å². The van der Waals surface area contributed by atoms with Crippen molar-refractivity contribution < 1.29 is 13.2 Å². The van der Waals surface area contributed by atoms with Crippen molar-refractivity contribution in [2.45, 2.75) is 19.9 Å². The molecule has 0 saturated heterocycles. The standard InChI is InChI=1S/C15H14F3N/c1-8-5-11(15(18)7-14(8)17)12-6-10(9(2)19)3-4-13(12)16/h3-7,9H,19H2,1-2H3. The molecule has 4 heteroatoms. The third kappa shape index (κ3) is 2.63. The average Bonchev–Trinajstić information content (AvgIpc) is 2.34. The fourth-order valence-corrected chi connectivity index (χ4v) is 1.90. The fourth-order valence-electron chi connectivity index (χ4n) is 1.90. The molecule has 0 bridgehead atoms. The Morgan fingerprint density at radius 1 is 0.895 bits per heavy atom. The van der Waals surface area contributed by atoms with Crippen LogP contribution < -0.4 is 5.73 Å². The predicted molar refractivity (Wildman–Crippen MR) is 69.1 cm³/mol. The van der Waals surface area contributed by atoms with Crippen molar-refractivity contribution in [3.63, 3.8) is 0 Å². The Labute approximate surface area is 109 Å². The molecule has 0 aromatic heterocycles. The molecule has 19 heavy (non-hydrogen) atoms. The lowest BCUT2D eigenvalue weighted by molar-refractivity contribution is 0.577. The summed E-state index contributed by atoms with van der Waals surface area (Å²) < 4.78 is 40.9. The van der Waals surface area contributed by atoms with Gasteiger partial charge in [-0.25, -0.2) is 13.2 Å². The Morgan fingerprint density at radius 3 is 2.16 bits per heavy atom. The van der Waals surface area contributed by atoms with Crippen molar-refractivity contribution in [3.8, 4) is 11.1 Å². The number of hydrogen-bond donors (Lipinski definition) is 1. The molecule has 1 unspecified atom stereocenters. The zero-order valence-electron chi connectivity index (χ0n) is 10.7. The van der Waals surface area contributed by atoms with Crippen molar-refractivity contribution in [1.82, 2.24) is 0 Å². The van der Waals surface area contributed by atoms with Gasteiger partial charge in [-0.05, 0) is 43.2 Å². The van der Waals surface area contributed by atoms with E-state index in [0.717, 1.165) is 6.07 Å². The molecular formula is C15H14F3N. The highest BCUT2D eigenvalue weighted by atomic mass is 19.1. The molecule has 1 atom stereocenters. The first-order valence-electron chi connectivity index (χ1n) is 5.91. The van der Waals surface area contributed by atoms with Gasteiger partial charge in [-0.3, -0.25) is 0 Å². The zero-order valence-corrected chi connectivity index (χ0v) is 10.7. The lowest BCUT2D eigenvalue weighted by atomic mass is 9.98.